The van der Waals surface area contributed by atoms with Crippen molar-refractivity contribution >= 4 is 35.0 Å². The summed E-state index contributed by atoms with van der Waals surface area (Å²) in [6, 6.07) is 13.9. The second-order valence-corrected chi connectivity index (χ2v) is 9.70. The van der Waals surface area contributed by atoms with E-state index in [9.17, 15) is 24.3 Å². The second kappa shape index (κ2) is 6.11. The molecule has 1 spiro atoms. The molecule has 4 amide bonds. The number of carbonyl (C=O) groups is 4. The van der Waals surface area contributed by atoms with Gasteiger partial charge >= 0.3 is 0 Å². The van der Waals surface area contributed by atoms with Crippen molar-refractivity contribution in [3.8, 4) is 0 Å². The molecule has 2 saturated heterocycles. The monoisotopic (exact) mass is 460 g/mol. The summed E-state index contributed by atoms with van der Waals surface area (Å²) in [5, 5.41) is 12.4. The van der Waals surface area contributed by atoms with Crippen LogP contribution in [0.2, 0.25) is 0 Å². The Balaban J connectivity index is 1.71. The molecule has 2 aromatic carbocycles. The first-order chi connectivity index (χ1) is 16.1. The lowest BCUT2D eigenvalue weighted by Crippen LogP contribution is -2.60. The molecule has 1 unspecified atom stereocenters. The summed E-state index contributed by atoms with van der Waals surface area (Å²) in [7, 11) is 6.19. The van der Waals surface area contributed by atoms with E-state index in [1.54, 1.807) is 67.5 Å². The van der Waals surface area contributed by atoms with Gasteiger partial charge in [0.05, 0.1) is 11.6 Å². The van der Waals surface area contributed by atoms with Crippen molar-refractivity contribution in [2.45, 2.75) is 11.1 Å². The Labute approximate surface area is 196 Å². The number of likely N-dealkylation sites (tertiary alicyclic amines) is 2. The van der Waals surface area contributed by atoms with Gasteiger partial charge in [0.2, 0.25) is 11.8 Å². The van der Waals surface area contributed by atoms with Gasteiger partial charge in [-0.1, -0.05) is 36.4 Å². The Hall–Kier alpha value is -3.56. The molecule has 4 atom stereocenters. The zero-order valence-corrected chi connectivity index (χ0v) is 19.3. The van der Waals surface area contributed by atoms with Crippen LogP contribution in [0.3, 0.4) is 0 Å². The smallest absolute Gasteiger partial charge is 0.264 e. The van der Waals surface area contributed by atoms with E-state index in [1.807, 2.05) is 0 Å². The molecule has 4 aliphatic heterocycles. The number of hydrogen-bond acceptors (Lipinski definition) is 6. The van der Waals surface area contributed by atoms with E-state index >= 15 is 0 Å². The summed E-state index contributed by atoms with van der Waals surface area (Å²) in [6.07, 6.45) is 0. The summed E-state index contributed by atoms with van der Waals surface area (Å²) in [5.74, 6) is -3.59. The van der Waals surface area contributed by atoms with Gasteiger partial charge in [-0.3, -0.25) is 29.0 Å². The number of amides is 4. The fourth-order valence-electron chi connectivity index (χ4n) is 7.01. The van der Waals surface area contributed by atoms with E-state index in [4.69, 9.17) is 0 Å². The van der Waals surface area contributed by atoms with E-state index in [0.29, 0.717) is 16.9 Å². The normalized spacial score (nSPS) is 34.5. The van der Waals surface area contributed by atoms with Crippen LogP contribution in [-0.2, 0) is 30.3 Å². The number of hydrogen-bond donors (Lipinski definition) is 1. The molecular weight excluding hydrogens is 436 g/mol. The summed E-state index contributed by atoms with van der Waals surface area (Å²) in [5.41, 5.74) is -3.79. The van der Waals surface area contributed by atoms with Crippen molar-refractivity contribution in [2.75, 3.05) is 44.5 Å². The van der Waals surface area contributed by atoms with Gasteiger partial charge in [-0.05, 0) is 19.2 Å². The Morgan fingerprint density at radius 3 is 1.91 bits per heavy atom. The molecule has 6 rings (SSSR count). The number of imide groups is 1. The summed E-state index contributed by atoms with van der Waals surface area (Å²) in [4.78, 5) is 61.0. The molecular formula is C25H24N4O5. The Morgan fingerprint density at radius 1 is 0.735 bits per heavy atom. The van der Waals surface area contributed by atoms with Crippen molar-refractivity contribution in [1.82, 2.24) is 9.80 Å². The average Bonchev–Trinajstić information content (AvgIpc) is 3.40. The molecule has 9 heteroatoms. The third kappa shape index (κ3) is 1.82. The highest BCUT2D eigenvalue weighted by Crippen LogP contribution is 2.67. The third-order valence-corrected chi connectivity index (χ3v) is 8.48. The lowest BCUT2D eigenvalue weighted by atomic mass is 9.59. The number of para-hydroxylation sites is 2. The summed E-state index contributed by atoms with van der Waals surface area (Å²) in [6.45, 7) is -0.148. The van der Waals surface area contributed by atoms with Crippen LogP contribution in [-0.4, -0.2) is 73.3 Å². The predicted octanol–water partition coefficient (Wildman–Crippen LogP) is 0.269. The van der Waals surface area contributed by atoms with Crippen LogP contribution in [0.1, 0.15) is 11.1 Å². The molecule has 34 heavy (non-hydrogen) atoms. The molecule has 0 aliphatic carbocycles. The quantitative estimate of drug-likeness (QED) is 0.613. The minimum Gasteiger partial charge on any atom is -0.374 e. The largest absolute Gasteiger partial charge is 0.374 e. The molecule has 4 aliphatic rings. The van der Waals surface area contributed by atoms with E-state index < -0.39 is 40.2 Å². The van der Waals surface area contributed by atoms with Gasteiger partial charge in [-0.25, -0.2) is 0 Å². The number of aliphatic hydroxyl groups is 1. The maximum Gasteiger partial charge on any atom is 0.264 e. The lowest BCUT2D eigenvalue weighted by molar-refractivity contribution is -0.167. The molecule has 4 heterocycles. The third-order valence-electron chi connectivity index (χ3n) is 8.48. The number of fused-ring (bicyclic) bond motifs is 5. The van der Waals surface area contributed by atoms with Gasteiger partial charge in [-0.2, -0.15) is 0 Å². The van der Waals surface area contributed by atoms with Crippen molar-refractivity contribution in [2.24, 2.45) is 11.3 Å². The predicted molar refractivity (Wildman–Crippen MR) is 122 cm³/mol. The molecule has 2 fully saturated rings. The van der Waals surface area contributed by atoms with Crippen LogP contribution in [0.25, 0.3) is 0 Å². The van der Waals surface area contributed by atoms with E-state index in [1.165, 1.54) is 23.9 Å². The molecule has 0 aromatic heterocycles. The SMILES string of the molecule is CN1C(=O)[C@H]2[C@]3(C(=O)N(C)c4ccccc43)N(C)C[C@@]2(C2(O)C(=O)N(C)c3ccccc32)C1=O. The molecule has 1 N–H and O–H groups in total. The Kier molecular flexibility index (Phi) is 3.77. The highest BCUT2D eigenvalue weighted by molar-refractivity contribution is 6.20. The maximum atomic E-state index is 14.0. The van der Waals surface area contributed by atoms with Gasteiger partial charge in [0.25, 0.3) is 11.8 Å². The zero-order chi connectivity index (χ0) is 24.4. The van der Waals surface area contributed by atoms with Gasteiger partial charge in [0.15, 0.2) is 5.60 Å². The first-order valence-electron chi connectivity index (χ1n) is 11.1. The first-order valence-corrected chi connectivity index (χ1v) is 11.1. The summed E-state index contributed by atoms with van der Waals surface area (Å²) >= 11 is 0. The van der Waals surface area contributed by atoms with Crippen molar-refractivity contribution in [1.29, 1.82) is 0 Å². The number of benzene rings is 2. The lowest BCUT2D eigenvalue weighted by Gasteiger charge is -2.39. The van der Waals surface area contributed by atoms with Crippen molar-refractivity contribution in [3.05, 3.63) is 59.7 Å². The van der Waals surface area contributed by atoms with Gasteiger partial charge in [0.1, 0.15) is 11.0 Å². The Bertz CT molecular complexity index is 1340. The van der Waals surface area contributed by atoms with Crippen molar-refractivity contribution < 1.29 is 24.3 Å². The fourth-order valence-corrected chi connectivity index (χ4v) is 7.01. The Morgan fingerprint density at radius 2 is 1.26 bits per heavy atom. The van der Waals surface area contributed by atoms with E-state index in [0.717, 1.165) is 4.90 Å². The second-order valence-electron chi connectivity index (χ2n) is 9.70. The molecule has 0 radical (unpaired) electrons. The van der Waals surface area contributed by atoms with Crippen LogP contribution in [0.4, 0.5) is 11.4 Å². The number of rotatable bonds is 1. The van der Waals surface area contributed by atoms with Crippen LogP contribution in [0.5, 0.6) is 0 Å². The average molecular weight is 460 g/mol. The molecule has 0 saturated carbocycles. The van der Waals surface area contributed by atoms with Crippen LogP contribution >= 0.6 is 0 Å². The molecule has 174 valence electrons. The fraction of sp³-hybridized carbons (Fsp3) is 0.360. The number of nitrogens with zero attached hydrogens (tertiary/aromatic N) is 4. The highest BCUT2D eigenvalue weighted by atomic mass is 16.3. The molecule has 0 bridgehead atoms. The van der Waals surface area contributed by atoms with E-state index in [-0.39, 0.29) is 18.0 Å². The molecule has 2 aromatic rings. The minimum absolute atomic E-state index is 0.148. The zero-order valence-electron chi connectivity index (χ0n) is 19.3. The van der Waals surface area contributed by atoms with Crippen LogP contribution in [0.15, 0.2) is 48.5 Å². The standard InChI is InChI=1S/C25H24N4O5/c1-26-13-23(25(34)15-10-6-8-12-17(15)28(3)22(25)33)18(19(30)29(4)20(23)31)24(26)14-9-5-7-11-16(14)27(2)21(24)32/h5-12,18,34H,13H2,1-4H3/t18-,23+,24-,25?/m1/s1. The van der Waals surface area contributed by atoms with Gasteiger partial charge < -0.3 is 14.9 Å². The van der Waals surface area contributed by atoms with Crippen LogP contribution in [0, 0.1) is 11.3 Å². The highest BCUT2D eigenvalue weighted by Gasteiger charge is 2.84. The van der Waals surface area contributed by atoms with Gasteiger partial charge in [-0.15, -0.1) is 0 Å². The van der Waals surface area contributed by atoms with Crippen LogP contribution < -0.4 is 9.80 Å². The maximum absolute atomic E-state index is 14.0. The number of carbonyl (C=O) groups excluding carboxylic acids is 4. The summed E-state index contributed by atoms with van der Waals surface area (Å²) < 4.78 is 0. The van der Waals surface area contributed by atoms with Crippen molar-refractivity contribution in [3.63, 3.8) is 0 Å². The first kappa shape index (κ1) is 21.0. The number of likely N-dealkylation sites (N-methyl/N-ethyl adjacent to an activating group) is 3. The number of anilines is 2. The minimum atomic E-state index is -2.32. The topological polar surface area (TPSA) is 101 Å². The van der Waals surface area contributed by atoms with E-state index in [2.05, 4.69) is 0 Å². The van der Waals surface area contributed by atoms with Gasteiger partial charge in [0, 0.05) is 44.5 Å². The molecule has 9 nitrogen and oxygen atoms in total.